The predicted octanol–water partition coefficient (Wildman–Crippen LogP) is 3.55. The monoisotopic (exact) mass is 229 g/mol. The summed E-state index contributed by atoms with van der Waals surface area (Å²) in [5.41, 5.74) is 2.49. The van der Waals surface area contributed by atoms with Gasteiger partial charge in [-0.1, -0.05) is 12.1 Å². The minimum Gasteiger partial charge on any atom is -0.461 e. The SMILES string of the molecule is Cc1cc2ccc(C3CCN(C)CC3)cc2o1. The Balaban J connectivity index is 1.89. The molecule has 1 aliphatic heterocycles. The third-order valence-electron chi connectivity index (χ3n) is 3.86. The maximum absolute atomic E-state index is 5.71. The molecule has 0 amide bonds. The van der Waals surface area contributed by atoms with Crippen molar-refractivity contribution in [3.05, 3.63) is 35.6 Å². The van der Waals surface area contributed by atoms with Crippen LogP contribution >= 0.6 is 0 Å². The number of likely N-dealkylation sites (tertiary alicyclic amines) is 1. The molecule has 1 aromatic heterocycles. The summed E-state index contributed by atoms with van der Waals surface area (Å²) in [6.45, 7) is 4.43. The van der Waals surface area contributed by atoms with E-state index in [0.29, 0.717) is 5.92 Å². The predicted molar refractivity (Wildman–Crippen MR) is 70.4 cm³/mol. The van der Waals surface area contributed by atoms with Crippen molar-refractivity contribution in [1.82, 2.24) is 4.90 Å². The average Bonchev–Trinajstić information content (AvgIpc) is 2.69. The fraction of sp³-hybridized carbons (Fsp3) is 0.467. The number of rotatable bonds is 1. The molecule has 0 radical (unpaired) electrons. The number of aryl methyl sites for hydroxylation is 1. The van der Waals surface area contributed by atoms with Crippen molar-refractivity contribution in [3.8, 4) is 0 Å². The Morgan fingerprint density at radius 2 is 1.94 bits per heavy atom. The van der Waals surface area contributed by atoms with Gasteiger partial charge in [0.2, 0.25) is 0 Å². The summed E-state index contributed by atoms with van der Waals surface area (Å²) < 4.78 is 5.71. The number of fused-ring (bicyclic) bond motifs is 1. The van der Waals surface area contributed by atoms with Crippen LogP contribution < -0.4 is 0 Å². The summed E-state index contributed by atoms with van der Waals surface area (Å²) in [5, 5.41) is 1.22. The molecule has 90 valence electrons. The van der Waals surface area contributed by atoms with Crippen LogP contribution in [0.15, 0.2) is 28.7 Å². The number of benzene rings is 1. The lowest BCUT2D eigenvalue weighted by Gasteiger charge is -2.29. The van der Waals surface area contributed by atoms with E-state index >= 15 is 0 Å². The summed E-state index contributed by atoms with van der Waals surface area (Å²) in [5.74, 6) is 1.71. The largest absolute Gasteiger partial charge is 0.461 e. The molecule has 3 rings (SSSR count). The normalized spacial score (nSPS) is 18.9. The number of hydrogen-bond donors (Lipinski definition) is 0. The highest BCUT2D eigenvalue weighted by molar-refractivity contribution is 5.78. The molecule has 17 heavy (non-hydrogen) atoms. The van der Waals surface area contributed by atoms with Crippen LogP contribution in [0.1, 0.15) is 30.1 Å². The van der Waals surface area contributed by atoms with Gasteiger partial charge in [-0.2, -0.15) is 0 Å². The highest BCUT2D eigenvalue weighted by atomic mass is 16.3. The lowest BCUT2D eigenvalue weighted by Crippen LogP contribution is -2.29. The Bertz CT molecular complexity index is 521. The molecule has 0 bridgehead atoms. The van der Waals surface area contributed by atoms with E-state index in [4.69, 9.17) is 4.42 Å². The molecular formula is C15H19NO. The molecule has 2 heterocycles. The van der Waals surface area contributed by atoms with E-state index < -0.39 is 0 Å². The fourth-order valence-corrected chi connectivity index (χ4v) is 2.78. The van der Waals surface area contributed by atoms with Gasteiger partial charge in [0.15, 0.2) is 0 Å². The quantitative estimate of drug-likeness (QED) is 0.743. The van der Waals surface area contributed by atoms with Crippen molar-refractivity contribution in [2.45, 2.75) is 25.7 Å². The number of hydrogen-bond acceptors (Lipinski definition) is 2. The van der Waals surface area contributed by atoms with Gasteiger partial charge in [0.1, 0.15) is 11.3 Å². The minimum absolute atomic E-state index is 0.709. The summed E-state index contributed by atoms with van der Waals surface area (Å²) in [4.78, 5) is 2.41. The van der Waals surface area contributed by atoms with E-state index in [9.17, 15) is 0 Å². The van der Waals surface area contributed by atoms with E-state index in [0.717, 1.165) is 11.3 Å². The van der Waals surface area contributed by atoms with Gasteiger partial charge in [-0.05, 0) is 63.5 Å². The molecule has 1 saturated heterocycles. The van der Waals surface area contributed by atoms with Gasteiger partial charge in [0.05, 0.1) is 0 Å². The van der Waals surface area contributed by atoms with Crippen molar-refractivity contribution in [2.75, 3.05) is 20.1 Å². The van der Waals surface area contributed by atoms with Crippen LogP contribution in [-0.4, -0.2) is 25.0 Å². The van der Waals surface area contributed by atoms with E-state index in [-0.39, 0.29) is 0 Å². The second-order valence-corrected chi connectivity index (χ2v) is 5.23. The van der Waals surface area contributed by atoms with Gasteiger partial charge in [0, 0.05) is 5.39 Å². The molecular weight excluding hydrogens is 210 g/mol. The Hall–Kier alpha value is -1.28. The molecule has 1 fully saturated rings. The van der Waals surface area contributed by atoms with E-state index in [1.54, 1.807) is 0 Å². The molecule has 0 atom stereocenters. The summed E-state index contributed by atoms with van der Waals surface area (Å²) in [6.07, 6.45) is 2.53. The molecule has 0 N–H and O–H groups in total. The van der Waals surface area contributed by atoms with Gasteiger partial charge < -0.3 is 9.32 Å². The second-order valence-electron chi connectivity index (χ2n) is 5.23. The van der Waals surface area contributed by atoms with Crippen LogP contribution in [-0.2, 0) is 0 Å². The Morgan fingerprint density at radius 3 is 2.71 bits per heavy atom. The van der Waals surface area contributed by atoms with Gasteiger partial charge in [0.25, 0.3) is 0 Å². The molecule has 0 spiro atoms. The average molecular weight is 229 g/mol. The first-order chi connectivity index (χ1) is 8.22. The Labute approximate surface area is 102 Å². The maximum atomic E-state index is 5.71. The van der Waals surface area contributed by atoms with Gasteiger partial charge in [-0.25, -0.2) is 0 Å². The smallest absolute Gasteiger partial charge is 0.134 e. The standard InChI is InChI=1S/C15H19NO/c1-11-9-14-4-3-13(10-15(14)17-11)12-5-7-16(2)8-6-12/h3-4,9-10,12H,5-8H2,1-2H3. The van der Waals surface area contributed by atoms with Crippen LogP contribution in [0.5, 0.6) is 0 Å². The summed E-state index contributed by atoms with van der Waals surface area (Å²) in [6, 6.07) is 8.80. The van der Waals surface area contributed by atoms with Crippen molar-refractivity contribution in [3.63, 3.8) is 0 Å². The van der Waals surface area contributed by atoms with Crippen LogP contribution in [0, 0.1) is 6.92 Å². The van der Waals surface area contributed by atoms with Crippen molar-refractivity contribution in [1.29, 1.82) is 0 Å². The molecule has 0 saturated carbocycles. The van der Waals surface area contributed by atoms with Crippen LogP contribution in [0.4, 0.5) is 0 Å². The zero-order valence-electron chi connectivity index (χ0n) is 10.6. The summed E-state index contributed by atoms with van der Waals surface area (Å²) in [7, 11) is 2.20. The summed E-state index contributed by atoms with van der Waals surface area (Å²) >= 11 is 0. The van der Waals surface area contributed by atoms with Gasteiger partial charge in [-0.3, -0.25) is 0 Å². The first-order valence-electron chi connectivity index (χ1n) is 6.41. The third-order valence-corrected chi connectivity index (χ3v) is 3.86. The lowest BCUT2D eigenvalue weighted by molar-refractivity contribution is 0.255. The highest BCUT2D eigenvalue weighted by Gasteiger charge is 2.18. The number of piperidine rings is 1. The van der Waals surface area contributed by atoms with Crippen LogP contribution in [0.2, 0.25) is 0 Å². The lowest BCUT2D eigenvalue weighted by atomic mass is 9.89. The maximum Gasteiger partial charge on any atom is 0.134 e. The Kier molecular flexibility index (Phi) is 2.67. The molecule has 2 aromatic rings. The van der Waals surface area contributed by atoms with E-state index in [1.807, 2.05) is 6.92 Å². The first-order valence-corrected chi connectivity index (χ1v) is 6.41. The van der Waals surface area contributed by atoms with Crippen LogP contribution in [0.3, 0.4) is 0 Å². The number of furan rings is 1. The zero-order valence-corrected chi connectivity index (χ0v) is 10.6. The molecule has 2 nitrogen and oxygen atoms in total. The second kappa shape index (κ2) is 4.19. The van der Waals surface area contributed by atoms with E-state index in [1.165, 1.54) is 36.9 Å². The topological polar surface area (TPSA) is 16.4 Å². The van der Waals surface area contributed by atoms with Crippen molar-refractivity contribution in [2.24, 2.45) is 0 Å². The number of nitrogens with zero attached hydrogens (tertiary/aromatic N) is 1. The molecule has 1 aliphatic rings. The highest BCUT2D eigenvalue weighted by Crippen LogP contribution is 2.30. The third kappa shape index (κ3) is 2.09. The first kappa shape index (κ1) is 10.8. The minimum atomic E-state index is 0.709. The van der Waals surface area contributed by atoms with E-state index in [2.05, 4.69) is 36.2 Å². The van der Waals surface area contributed by atoms with Crippen molar-refractivity contribution >= 4 is 11.0 Å². The molecule has 0 unspecified atom stereocenters. The van der Waals surface area contributed by atoms with Gasteiger partial charge in [-0.15, -0.1) is 0 Å². The molecule has 0 aliphatic carbocycles. The fourth-order valence-electron chi connectivity index (χ4n) is 2.78. The van der Waals surface area contributed by atoms with Crippen LogP contribution in [0.25, 0.3) is 11.0 Å². The Morgan fingerprint density at radius 1 is 1.18 bits per heavy atom. The van der Waals surface area contributed by atoms with Gasteiger partial charge >= 0.3 is 0 Å². The van der Waals surface area contributed by atoms with Crippen molar-refractivity contribution < 1.29 is 4.42 Å². The molecule has 1 aromatic carbocycles. The molecule has 2 heteroatoms. The zero-order chi connectivity index (χ0) is 11.8.